The van der Waals surface area contributed by atoms with Crippen LogP contribution in [0, 0.1) is 6.92 Å². The summed E-state index contributed by atoms with van der Waals surface area (Å²) < 4.78 is 0. The largest absolute Gasteiger partial charge is 0.327 e. The first-order chi connectivity index (χ1) is 15.1. The lowest BCUT2D eigenvalue weighted by Crippen LogP contribution is -2.49. The highest BCUT2D eigenvalue weighted by Crippen LogP contribution is 2.47. The van der Waals surface area contributed by atoms with Gasteiger partial charge in [-0.05, 0) is 55.0 Å². The van der Waals surface area contributed by atoms with Gasteiger partial charge in [-0.1, -0.05) is 43.2 Å². The summed E-state index contributed by atoms with van der Waals surface area (Å²) in [5.74, 6) is -0.0368. The number of rotatable bonds is 4. The van der Waals surface area contributed by atoms with Crippen LogP contribution in [0.1, 0.15) is 64.1 Å². The standard InChI is InChI=1S/C25H25N3O2S/c1-16-8-6-14-21(26-16)27-24(29)22-18-11-4-5-12-19(18)25(30)28(17-9-2-3-10-17)23(22)20-13-7-15-31-20/h4-8,11-15,17,22-23H,2-3,9-10H2,1H3,(H,26,27,29). The molecule has 2 aromatic heterocycles. The Morgan fingerprint density at radius 3 is 2.61 bits per heavy atom. The summed E-state index contributed by atoms with van der Waals surface area (Å²) in [5, 5.41) is 5.05. The van der Waals surface area contributed by atoms with Gasteiger partial charge in [-0.25, -0.2) is 4.98 Å². The Kier molecular flexibility index (Phi) is 5.32. The summed E-state index contributed by atoms with van der Waals surface area (Å²) in [5.41, 5.74) is 2.28. The number of fused-ring (bicyclic) bond motifs is 1. The maximum atomic E-state index is 13.7. The van der Waals surface area contributed by atoms with E-state index >= 15 is 0 Å². The van der Waals surface area contributed by atoms with Crippen molar-refractivity contribution in [1.82, 2.24) is 9.88 Å². The Labute approximate surface area is 186 Å². The quantitative estimate of drug-likeness (QED) is 0.609. The van der Waals surface area contributed by atoms with Gasteiger partial charge in [-0.3, -0.25) is 9.59 Å². The lowest BCUT2D eigenvalue weighted by atomic mass is 9.80. The zero-order valence-corrected chi connectivity index (χ0v) is 18.3. The molecule has 1 saturated carbocycles. The van der Waals surface area contributed by atoms with Crippen molar-refractivity contribution in [3.63, 3.8) is 0 Å². The van der Waals surface area contributed by atoms with E-state index in [4.69, 9.17) is 0 Å². The fourth-order valence-electron chi connectivity index (χ4n) is 5.00. The molecule has 31 heavy (non-hydrogen) atoms. The molecule has 0 radical (unpaired) electrons. The van der Waals surface area contributed by atoms with Gasteiger partial charge < -0.3 is 10.2 Å². The van der Waals surface area contributed by atoms with E-state index in [0.29, 0.717) is 11.4 Å². The van der Waals surface area contributed by atoms with E-state index in [2.05, 4.69) is 10.3 Å². The number of thiophene rings is 1. The van der Waals surface area contributed by atoms with Crippen LogP contribution >= 0.6 is 11.3 Å². The molecule has 3 aromatic rings. The van der Waals surface area contributed by atoms with Crippen molar-refractivity contribution in [2.45, 2.75) is 50.6 Å². The smallest absolute Gasteiger partial charge is 0.254 e. The maximum Gasteiger partial charge on any atom is 0.254 e. The molecule has 0 bridgehead atoms. The first-order valence-electron chi connectivity index (χ1n) is 10.8. The molecule has 3 heterocycles. The molecule has 1 fully saturated rings. The Bertz CT molecular complexity index is 1110. The Morgan fingerprint density at radius 2 is 1.87 bits per heavy atom. The number of carbonyl (C=O) groups excluding carboxylic acids is 2. The van der Waals surface area contributed by atoms with Gasteiger partial charge in [0, 0.05) is 22.2 Å². The number of nitrogens with one attached hydrogen (secondary N) is 1. The lowest BCUT2D eigenvalue weighted by Gasteiger charge is -2.44. The molecule has 0 saturated heterocycles. The van der Waals surface area contributed by atoms with Crippen LogP contribution in [-0.4, -0.2) is 27.7 Å². The van der Waals surface area contributed by atoms with Gasteiger partial charge in [0.2, 0.25) is 5.91 Å². The first kappa shape index (κ1) is 19.9. The number of pyridine rings is 1. The number of aryl methyl sites for hydroxylation is 1. The van der Waals surface area contributed by atoms with Crippen LogP contribution in [0.3, 0.4) is 0 Å². The second-order valence-electron chi connectivity index (χ2n) is 8.33. The van der Waals surface area contributed by atoms with E-state index in [1.54, 1.807) is 17.4 Å². The minimum atomic E-state index is -0.490. The first-order valence-corrected chi connectivity index (χ1v) is 11.7. The number of hydrogen-bond acceptors (Lipinski definition) is 4. The highest BCUT2D eigenvalue weighted by atomic mass is 32.1. The third-order valence-electron chi connectivity index (χ3n) is 6.35. The molecule has 1 aliphatic heterocycles. The number of amides is 2. The molecule has 2 amide bonds. The monoisotopic (exact) mass is 431 g/mol. The summed E-state index contributed by atoms with van der Waals surface area (Å²) in [6.45, 7) is 1.90. The number of nitrogens with zero attached hydrogens (tertiary/aromatic N) is 2. The average molecular weight is 432 g/mol. The van der Waals surface area contributed by atoms with Gasteiger partial charge in [0.25, 0.3) is 5.91 Å². The van der Waals surface area contributed by atoms with Crippen LogP contribution in [0.15, 0.2) is 60.0 Å². The highest BCUT2D eigenvalue weighted by molar-refractivity contribution is 7.10. The molecule has 5 rings (SSSR count). The fraction of sp³-hybridized carbons (Fsp3) is 0.320. The third kappa shape index (κ3) is 3.65. The zero-order valence-electron chi connectivity index (χ0n) is 17.5. The minimum absolute atomic E-state index is 0.0404. The second-order valence-corrected chi connectivity index (χ2v) is 9.31. The molecule has 6 heteroatoms. The van der Waals surface area contributed by atoms with Crippen LogP contribution in [-0.2, 0) is 4.79 Å². The van der Waals surface area contributed by atoms with Crippen molar-refractivity contribution >= 4 is 29.0 Å². The predicted octanol–water partition coefficient (Wildman–Crippen LogP) is 5.31. The molecule has 1 aromatic carbocycles. The number of carbonyl (C=O) groups is 2. The summed E-state index contributed by atoms with van der Waals surface area (Å²) >= 11 is 1.61. The Balaban J connectivity index is 1.62. The Morgan fingerprint density at radius 1 is 1.06 bits per heavy atom. The normalized spacial score (nSPS) is 21.2. The molecular formula is C25H25N3O2S. The van der Waals surface area contributed by atoms with Crippen molar-refractivity contribution in [1.29, 1.82) is 0 Å². The van der Waals surface area contributed by atoms with E-state index in [0.717, 1.165) is 41.8 Å². The summed E-state index contributed by atoms with van der Waals surface area (Å²) in [6.07, 6.45) is 4.22. The lowest BCUT2D eigenvalue weighted by molar-refractivity contribution is -0.119. The van der Waals surface area contributed by atoms with Gasteiger partial charge in [0.1, 0.15) is 5.82 Å². The van der Waals surface area contributed by atoms with Crippen molar-refractivity contribution < 1.29 is 9.59 Å². The fourth-order valence-corrected chi connectivity index (χ4v) is 5.86. The molecule has 2 aliphatic rings. The molecule has 1 aliphatic carbocycles. The number of aromatic nitrogens is 1. The van der Waals surface area contributed by atoms with Crippen molar-refractivity contribution in [2.75, 3.05) is 5.32 Å². The molecule has 2 atom stereocenters. The van der Waals surface area contributed by atoms with Gasteiger partial charge in [0.05, 0.1) is 12.0 Å². The van der Waals surface area contributed by atoms with Gasteiger partial charge in [-0.2, -0.15) is 0 Å². The van der Waals surface area contributed by atoms with Crippen LogP contribution in [0.2, 0.25) is 0 Å². The summed E-state index contributed by atoms with van der Waals surface area (Å²) in [6, 6.07) is 17.1. The molecular weight excluding hydrogens is 406 g/mol. The summed E-state index contributed by atoms with van der Waals surface area (Å²) in [4.78, 5) is 34.9. The second kappa shape index (κ2) is 8.27. The molecule has 2 unspecified atom stereocenters. The van der Waals surface area contributed by atoms with Gasteiger partial charge in [-0.15, -0.1) is 11.3 Å². The maximum absolute atomic E-state index is 13.7. The van der Waals surface area contributed by atoms with Crippen molar-refractivity contribution in [3.05, 3.63) is 81.7 Å². The van der Waals surface area contributed by atoms with E-state index in [1.165, 1.54) is 0 Å². The SMILES string of the molecule is Cc1cccc(NC(=O)C2c3ccccc3C(=O)N(C3CCCC3)C2c2cccs2)n1. The average Bonchev–Trinajstić information content (AvgIpc) is 3.48. The Hall–Kier alpha value is -2.99. The number of hydrogen-bond donors (Lipinski definition) is 1. The topological polar surface area (TPSA) is 62.3 Å². The highest BCUT2D eigenvalue weighted by Gasteiger charge is 2.47. The predicted molar refractivity (Wildman–Crippen MR) is 122 cm³/mol. The van der Waals surface area contributed by atoms with Gasteiger partial charge >= 0.3 is 0 Å². The van der Waals surface area contributed by atoms with E-state index < -0.39 is 5.92 Å². The van der Waals surface area contributed by atoms with E-state index in [9.17, 15) is 9.59 Å². The third-order valence-corrected chi connectivity index (χ3v) is 7.29. The number of benzene rings is 1. The summed E-state index contributed by atoms with van der Waals surface area (Å²) in [7, 11) is 0. The van der Waals surface area contributed by atoms with Crippen molar-refractivity contribution in [3.8, 4) is 0 Å². The molecule has 5 nitrogen and oxygen atoms in total. The number of anilines is 1. The molecule has 1 N–H and O–H groups in total. The van der Waals surface area contributed by atoms with E-state index in [-0.39, 0.29) is 23.9 Å². The van der Waals surface area contributed by atoms with Crippen molar-refractivity contribution in [2.24, 2.45) is 0 Å². The van der Waals surface area contributed by atoms with Crippen LogP contribution in [0.5, 0.6) is 0 Å². The minimum Gasteiger partial charge on any atom is -0.327 e. The molecule has 158 valence electrons. The van der Waals surface area contributed by atoms with Gasteiger partial charge in [0.15, 0.2) is 0 Å². The van der Waals surface area contributed by atoms with Crippen LogP contribution in [0.25, 0.3) is 0 Å². The zero-order chi connectivity index (χ0) is 21.4. The van der Waals surface area contributed by atoms with E-state index in [1.807, 2.05) is 65.7 Å². The molecule has 0 spiro atoms. The van der Waals surface area contributed by atoms with Crippen LogP contribution < -0.4 is 5.32 Å². The van der Waals surface area contributed by atoms with Crippen LogP contribution in [0.4, 0.5) is 5.82 Å².